The third kappa shape index (κ3) is 10.7. The number of methoxy groups -OCH3 is 2. The summed E-state index contributed by atoms with van der Waals surface area (Å²) in [6.45, 7) is 1.47. The number of carbonyl (C=O) groups excluding carboxylic acids is 2. The van der Waals surface area contributed by atoms with Crippen LogP contribution in [-0.4, -0.2) is 104 Å². The summed E-state index contributed by atoms with van der Waals surface area (Å²) < 4.78 is 38.4. The van der Waals surface area contributed by atoms with Gasteiger partial charge in [-0.2, -0.15) is 10.0 Å². The van der Waals surface area contributed by atoms with Gasteiger partial charge in [-0.1, -0.05) is 72.8 Å². The fourth-order valence-electron chi connectivity index (χ4n) is 7.14. The van der Waals surface area contributed by atoms with Crippen LogP contribution in [0.1, 0.15) is 51.7 Å². The monoisotopic (exact) mass is 850 g/mol. The Morgan fingerprint density at radius 2 is 1.39 bits per heavy atom. The van der Waals surface area contributed by atoms with Crippen LogP contribution < -0.4 is 20.5 Å². The second kappa shape index (κ2) is 20.9. The van der Waals surface area contributed by atoms with Crippen molar-refractivity contribution in [1.82, 2.24) is 14.6 Å². The number of hydroxylamine groups is 2. The molecular weight excluding hydrogens is 801 g/mol. The van der Waals surface area contributed by atoms with E-state index in [0.717, 1.165) is 16.7 Å². The number of hydrogen-bond donors (Lipinski definition) is 2. The van der Waals surface area contributed by atoms with Crippen molar-refractivity contribution in [3.8, 4) is 11.5 Å². The summed E-state index contributed by atoms with van der Waals surface area (Å²) in [7, 11) is 6.57. The molecule has 5 aromatic rings. The molecule has 4 atom stereocenters. The number of esters is 1. The summed E-state index contributed by atoms with van der Waals surface area (Å²) in [6, 6.07) is 32.9. The van der Waals surface area contributed by atoms with Gasteiger partial charge in [0.15, 0.2) is 12.3 Å². The molecule has 326 valence electrons. The van der Waals surface area contributed by atoms with Gasteiger partial charge in [-0.3, -0.25) is 23.8 Å². The summed E-state index contributed by atoms with van der Waals surface area (Å²) in [5.41, 5.74) is 0.866. The fraction of sp³-hybridized carbons (Fsp3) is 0.326. The predicted molar refractivity (Wildman–Crippen MR) is 226 cm³/mol. The summed E-state index contributed by atoms with van der Waals surface area (Å²) in [5, 5.41) is 13.6. The highest BCUT2D eigenvalue weighted by atomic mass is 16.7. The molecule has 1 aromatic heterocycles. The zero-order chi connectivity index (χ0) is 44.2. The second-order valence-corrected chi connectivity index (χ2v) is 14.5. The number of rotatable bonds is 20. The molecule has 16 nitrogen and oxygen atoms in total. The quantitative estimate of drug-likeness (QED) is 0.0440. The number of amides is 1. The average molecular weight is 851 g/mol. The van der Waals surface area contributed by atoms with Crippen molar-refractivity contribution >= 4 is 23.7 Å². The van der Waals surface area contributed by atoms with Crippen LogP contribution in [0.25, 0.3) is 0 Å². The topological polar surface area (TPSA) is 186 Å². The minimum atomic E-state index is -1.32. The van der Waals surface area contributed by atoms with Crippen molar-refractivity contribution in [2.24, 2.45) is 0 Å². The molecule has 62 heavy (non-hydrogen) atoms. The molecule has 1 amide bonds. The number of nitrogens with zero attached hydrogens (tertiary/aromatic N) is 3. The highest BCUT2D eigenvalue weighted by Crippen LogP contribution is 2.43. The maximum Gasteiger partial charge on any atom is 0.351 e. The van der Waals surface area contributed by atoms with Gasteiger partial charge in [-0.05, 0) is 60.0 Å². The second-order valence-electron chi connectivity index (χ2n) is 14.5. The van der Waals surface area contributed by atoms with E-state index in [9.17, 15) is 24.3 Å². The Kier molecular flexibility index (Phi) is 15.2. The molecule has 0 aliphatic carbocycles. The number of ether oxygens (including phenoxy) is 6. The van der Waals surface area contributed by atoms with Gasteiger partial charge in [-0.25, -0.2) is 4.79 Å². The van der Waals surface area contributed by atoms with Gasteiger partial charge in [0, 0.05) is 31.4 Å². The lowest BCUT2D eigenvalue weighted by atomic mass is 9.80. The van der Waals surface area contributed by atoms with Crippen LogP contribution in [0.5, 0.6) is 11.5 Å². The molecule has 1 aliphatic heterocycles. The van der Waals surface area contributed by atoms with Crippen LogP contribution in [0.2, 0.25) is 0 Å². The van der Waals surface area contributed by atoms with Crippen molar-refractivity contribution in [2.75, 3.05) is 53.5 Å². The Morgan fingerprint density at radius 3 is 1.95 bits per heavy atom. The van der Waals surface area contributed by atoms with E-state index in [1.54, 1.807) is 65.6 Å². The molecule has 1 saturated heterocycles. The van der Waals surface area contributed by atoms with Gasteiger partial charge < -0.3 is 38.8 Å². The summed E-state index contributed by atoms with van der Waals surface area (Å²) >= 11 is 0. The first-order valence-electron chi connectivity index (χ1n) is 19.9. The van der Waals surface area contributed by atoms with Crippen LogP contribution in [0.4, 0.5) is 5.82 Å². The number of anilines is 1. The zero-order valence-corrected chi connectivity index (χ0v) is 35.1. The number of benzene rings is 4. The summed E-state index contributed by atoms with van der Waals surface area (Å²) in [6.07, 6.45) is -4.23. The Hall–Kier alpha value is -6.43. The van der Waals surface area contributed by atoms with Crippen LogP contribution in [0.3, 0.4) is 0 Å². The minimum absolute atomic E-state index is 0.0303. The van der Waals surface area contributed by atoms with E-state index in [-0.39, 0.29) is 25.6 Å². The largest absolute Gasteiger partial charge is 0.497 e. The first-order valence-corrected chi connectivity index (χ1v) is 19.9. The van der Waals surface area contributed by atoms with Gasteiger partial charge in [0.2, 0.25) is 0 Å². The number of nitrogens with one attached hydrogen (secondary N) is 1. The van der Waals surface area contributed by atoms with Crippen molar-refractivity contribution in [3.63, 3.8) is 0 Å². The van der Waals surface area contributed by atoms with Crippen molar-refractivity contribution in [3.05, 3.63) is 154 Å². The Labute approximate surface area is 358 Å². The maximum absolute atomic E-state index is 14.0. The Morgan fingerprint density at radius 1 is 0.806 bits per heavy atom. The number of carbonyl (C=O) groups is 3. The highest BCUT2D eigenvalue weighted by molar-refractivity contribution is 6.04. The van der Waals surface area contributed by atoms with Gasteiger partial charge in [0.25, 0.3) is 5.91 Å². The van der Waals surface area contributed by atoms with Crippen LogP contribution in [0.15, 0.2) is 120 Å². The molecule has 0 unspecified atom stereocenters. The summed E-state index contributed by atoms with van der Waals surface area (Å²) in [4.78, 5) is 61.7. The molecule has 0 bridgehead atoms. The van der Waals surface area contributed by atoms with Gasteiger partial charge in [0.1, 0.15) is 35.1 Å². The van der Waals surface area contributed by atoms with E-state index in [2.05, 4.69) is 10.3 Å². The van der Waals surface area contributed by atoms with Crippen molar-refractivity contribution < 1.29 is 52.7 Å². The fourth-order valence-corrected chi connectivity index (χ4v) is 7.14. The van der Waals surface area contributed by atoms with E-state index in [4.69, 9.17) is 33.3 Å². The number of hydrogen-bond acceptors (Lipinski definition) is 13. The predicted octanol–water partition coefficient (Wildman–Crippen LogP) is 5.38. The molecule has 0 radical (unpaired) electrons. The number of carboxylic acids is 1. The van der Waals surface area contributed by atoms with Gasteiger partial charge in [0.05, 0.1) is 46.9 Å². The standard InChI is InChI=1S/C46H50N4O12/c1-30-28-50(45(55)48-42(30)47-43(54)31-12-8-6-9-13-31)44-41(58-26-27-60-49(2)3)40(62-39(53)25-24-38(51)52)37(61-44)29-59-46(32-14-10-7-11-15-32,33-16-20-35(56-4)21-17-33)34-18-22-36(57-5)23-19-34/h6-23,28,37,40-41,44H,24-27,29H2,1-5H3,(H,51,52)(H,47,48,54,55)/t37-,40-,41-,44-/m1/s1. The molecule has 0 spiro atoms. The lowest BCUT2D eigenvalue weighted by molar-refractivity contribution is -0.168. The maximum atomic E-state index is 14.0. The first-order chi connectivity index (χ1) is 29.9. The van der Waals surface area contributed by atoms with Gasteiger partial charge >= 0.3 is 17.6 Å². The number of aliphatic carboxylic acids is 1. The molecule has 0 saturated carbocycles. The lowest BCUT2D eigenvalue weighted by Gasteiger charge is -2.37. The smallest absolute Gasteiger partial charge is 0.351 e. The SMILES string of the molecule is COc1ccc(C(OC[C@H]2O[C@@H](n3cc(C)c(NC(=O)c4ccccc4)nc3=O)[C@H](OCCON(C)C)[C@@H]2OC(=O)CCC(=O)O)(c2ccccc2)c2ccc(OC)cc2)cc1. The van der Waals surface area contributed by atoms with Crippen molar-refractivity contribution in [1.29, 1.82) is 0 Å². The van der Waals surface area contributed by atoms with Crippen LogP contribution >= 0.6 is 0 Å². The first kappa shape index (κ1) is 45.1. The number of aromatic nitrogens is 2. The van der Waals surface area contributed by atoms with Crippen LogP contribution in [-0.2, 0) is 39.0 Å². The van der Waals surface area contributed by atoms with Crippen molar-refractivity contribution in [2.45, 2.75) is 49.9 Å². The van der Waals surface area contributed by atoms with Gasteiger partial charge in [-0.15, -0.1) is 0 Å². The molecule has 1 aliphatic rings. The Bertz CT molecular complexity index is 2280. The number of carboxylic acid groups (broad SMARTS) is 1. The molecule has 16 heteroatoms. The zero-order valence-electron chi connectivity index (χ0n) is 35.1. The third-order valence-corrected chi connectivity index (χ3v) is 10.2. The molecular formula is C46H50N4O12. The molecule has 6 rings (SSSR count). The minimum Gasteiger partial charge on any atom is -0.497 e. The summed E-state index contributed by atoms with van der Waals surface area (Å²) in [5.74, 6) is -1.19. The molecule has 1 fully saturated rings. The molecule has 2 heterocycles. The molecule has 4 aromatic carbocycles. The Balaban J connectivity index is 1.43. The normalized spacial score (nSPS) is 17.4. The number of aryl methyl sites for hydroxylation is 1. The van der Waals surface area contributed by atoms with Crippen LogP contribution in [0, 0.1) is 6.92 Å². The van der Waals surface area contributed by atoms with E-state index >= 15 is 0 Å². The van der Waals surface area contributed by atoms with E-state index in [1.807, 2.05) is 78.9 Å². The molecule has 2 N–H and O–H groups in total. The lowest BCUT2D eigenvalue weighted by Crippen LogP contribution is -2.43. The van der Waals surface area contributed by atoms with E-state index in [0.29, 0.717) is 22.6 Å². The van der Waals surface area contributed by atoms with E-state index in [1.165, 1.54) is 15.8 Å². The van der Waals surface area contributed by atoms with E-state index < -0.39 is 66.5 Å². The highest BCUT2D eigenvalue weighted by Gasteiger charge is 2.51. The average Bonchev–Trinajstić information content (AvgIpc) is 3.62. The third-order valence-electron chi connectivity index (χ3n) is 10.2.